The molecule has 3 aromatic rings. The number of nitrogens with zero attached hydrogens (tertiary/aromatic N) is 4. The summed E-state index contributed by atoms with van der Waals surface area (Å²) in [6.07, 6.45) is 1.52. The highest BCUT2D eigenvalue weighted by atomic mass is 35.5. The zero-order valence-electron chi connectivity index (χ0n) is 15.1. The predicted molar refractivity (Wildman–Crippen MR) is 110 cm³/mol. The van der Waals surface area contributed by atoms with Gasteiger partial charge in [-0.2, -0.15) is 0 Å². The summed E-state index contributed by atoms with van der Waals surface area (Å²) < 4.78 is 0. The zero-order chi connectivity index (χ0) is 19.1. The molecule has 0 atom stereocenters. The Bertz CT molecular complexity index is 1030. The molecule has 0 spiro atoms. The molecule has 0 bridgehead atoms. The van der Waals surface area contributed by atoms with Gasteiger partial charge in [0, 0.05) is 36.9 Å². The number of carbonyl (C=O) groups is 1. The SMILES string of the molecule is Cc1ccc(Cl)cc1N1CCN(c2ncnc3sc(C(=O)O)c(C)c23)CC1. The highest BCUT2D eigenvalue weighted by Gasteiger charge is 2.24. The fourth-order valence-electron chi connectivity index (χ4n) is 3.58. The summed E-state index contributed by atoms with van der Waals surface area (Å²) in [7, 11) is 0. The normalized spacial score (nSPS) is 14.8. The molecule has 27 heavy (non-hydrogen) atoms. The van der Waals surface area contributed by atoms with Crippen molar-refractivity contribution in [1.29, 1.82) is 0 Å². The van der Waals surface area contributed by atoms with Gasteiger partial charge in [-0.1, -0.05) is 17.7 Å². The van der Waals surface area contributed by atoms with Crippen LogP contribution in [0.15, 0.2) is 24.5 Å². The Kier molecular flexibility index (Phi) is 4.65. The van der Waals surface area contributed by atoms with E-state index in [1.807, 2.05) is 25.1 Å². The van der Waals surface area contributed by atoms with Crippen LogP contribution in [0.4, 0.5) is 11.5 Å². The molecule has 8 heteroatoms. The summed E-state index contributed by atoms with van der Waals surface area (Å²) in [5, 5.41) is 11.0. The summed E-state index contributed by atoms with van der Waals surface area (Å²) in [6.45, 7) is 7.23. The monoisotopic (exact) mass is 402 g/mol. The summed E-state index contributed by atoms with van der Waals surface area (Å²) in [6, 6.07) is 5.96. The van der Waals surface area contributed by atoms with E-state index in [1.165, 1.54) is 23.2 Å². The van der Waals surface area contributed by atoms with Crippen LogP contribution in [-0.4, -0.2) is 47.2 Å². The minimum absolute atomic E-state index is 0.333. The van der Waals surface area contributed by atoms with E-state index in [-0.39, 0.29) is 0 Å². The minimum atomic E-state index is -0.914. The van der Waals surface area contributed by atoms with E-state index in [0.29, 0.717) is 4.88 Å². The van der Waals surface area contributed by atoms with Gasteiger partial charge in [-0.05, 0) is 37.1 Å². The second kappa shape index (κ2) is 6.98. The van der Waals surface area contributed by atoms with Gasteiger partial charge in [0.2, 0.25) is 0 Å². The second-order valence-corrected chi connectivity index (χ2v) is 8.08. The van der Waals surface area contributed by atoms with Crippen LogP contribution in [0.5, 0.6) is 0 Å². The number of anilines is 2. The Hall–Kier alpha value is -2.38. The maximum Gasteiger partial charge on any atom is 0.346 e. The summed E-state index contributed by atoms with van der Waals surface area (Å²) in [4.78, 5) is 25.8. The molecule has 3 heterocycles. The minimum Gasteiger partial charge on any atom is -0.477 e. The summed E-state index contributed by atoms with van der Waals surface area (Å²) >= 11 is 7.38. The molecular weight excluding hydrogens is 384 g/mol. The molecule has 2 aromatic heterocycles. The van der Waals surface area contributed by atoms with E-state index in [4.69, 9.17) is 11.6 Å². The molecule has 6 nitrogen and oxygen atoms in total. The third-order valence-electron chi connectivity index (χ3n) is 4.99. The van der Waals surface area contributed by atoms with Gasteiger partial charge in [0.25, 0.3) is 0 Å². The number of hydrogen-bond acceptors (Lipinski definition) is 6. The van der Waals surface area contributed by atoms with Crippen molar-refractivity contribution in [1.82, 2.24) is 9.97 Å². The molecule has 0 saturated carbocycles. The number of carboxylic acid groups (broad SMARTS) is 1. The quantitative estimate of drug-likeness (QED) is 0.714. The van der Waals surface area contributed by atoms with Crippen LogP contribution >= 0.6 is 22.9 Å². The molecule has 1 saturated heterocycles. The first-order chi connectivity index (χ1) is 13.0. The number of halogens is 1. The number of carboxylic acids is 1. The van der Waals surface area contributed by atoms with Gasteiger partial charge in [-0.15, -0.1) is 11.3 Å². The largest absolute Gasteiger partial charge is 0.477 e. The number of rotatable bonds is 3. The van der Waals surface area contributed by atoms with E-state index in [2.05, 4.69) is 26.7 Å². The number of aromatic nitrogens is 2. The number of hydrogen-bond donors (Lipinski definition) is 1. The molecule has 0 unspecified atom stereocenters. The number of aromatic carboxylic acids is 1. The molecule has 140 valence electrons. The second-order valence-electron chi connectivity index (χ2n) is 6.64. The first-order valence-electron chi connectivity index (χ1n) is 8.69. The third kappa shape index (κ3) is 3.21. The maximum absolute atomic E-state index is 11.5. The summed E-state index contributed by atoms with van der Waals surface area (Å²) in [5.41, 5.74) is 3.11. The topological polar surface area (TPSA) is 69.6 Å². The molecule has 1 aliphatic heterocycles. The van der Waals surface area contributed by atoms with E-state index < -0.39 is 5.97 Å². The number of fused-ring (bicyclic) bond motifs is 1. The van der Waals surface area contributed by atoms with Crippen molar-refractivity contribution in [2.45, 2.75) is 13.8 Å². The smallest absolute Gasteiger partial charge is 0.346 e. The zero-order valence-corrected chi connectivity index (χ0v) is 16.6. The van der Waals surface area contributed by atoms with Crippen LogP contribution in [0.2, 0.25) is 5.02 Å². The lowest BCUT2D eigenvalue weighted by Gasteiger charge is -2.37. The Morgan fingerprint density at radius 2 is 1.85 bits per heavy atom. The van der Waals surface area contributed by atoms with Crippen molar-refractivity contribution in [2.75, 3.05) is 36.0 Å². The van der Waals surface area contributed by atoms with Crippen LogP contribution in [0, 0.1) is 13.8 Å². The van der Waals surface area contributed by atoms with Crippen LogP contribution in [0.3, 0.4) is 0 Å². The van der Waals surface area contributed by atoms with Gasteiger partial charge in [-0.25, -0.2) is 14.8 Å². The maximum atomic E-state index is 11.5. The fraction of sp³-hybridized carbons (Fsp3) is 0.316. The molecule has 0 amide bonds. The van der Waals surface area contributed by atoms with Gasteiger partial charge < -0.3 is 14.9 Å². The molecule has 0 aliphatic carbocycles. The predicted octanol–water partition coefficient (Wildman–Crippen LogP) is 3.99. The van der Waals surface area contributed by atoms with Crippen molar-refractivity contribution in [3.8, 4) is 0 Å². The van der Waals surface area contributed by atoms with Gasteiger partial charge in [0.05, 0.1) is 5.39 Å². The third-order valence-corrected chi connectivity index (χ3v) is 6.42. The lowest BCUT2D eigenvalue weighted by Crippen LogP contribution is -2.47. The van der Waals surface area contributed by atoms with Crippen LogP contribution < -0.4 is 9.80 Å². The summed E-state index contributed by atoms with van der Waals surface area (Å²) in [5.74, 6) is -0.0913. The van der Waals surface area contributed by atoms with Gasteiger partial charge in [0.15, 0.2) is 0 Å². The standard InChI is InChI=1S/C19H19ClN4O2S/c1-11-3-4-13(20)9-14(11)23-5-7-24(8-6-23)17-15-12(2)16(19(25)26)27-18(15)22-10-21-17/h3-4,9-10H,5-8H2,1-2H3,(H,25,26). The fourth-order valence-corrected chi connectivity index (χ4v) is 4.73. The Balaban J connectivity index is 1.62. The molecule has 0 radical (unpaired) electrons. The van der Waals surface area contributed by atoms with Crippen LogP contribution in [0.1, 0.15) is 20.8 Å². The van der Waals surface area contributed by atoms with Crippen molar-refractivity contribution in [3.05, 3.63) is 45.6 Å². The average Bonchev–Trinajstić information content (AvgIpc) is 3.01. The van der Waals surface area contributed by atoms with Gasteiger partial charge in [-0.3, -0.25) is 0 Å². The molecule has 1 aliphatic rings. The number of thiophene rings is 1. The number of piperazine rings is 1. The van der Waals surface area contributed by atoms with Crippen molar-refractivity contribution in [3.63, 3.8) is 0 Å². The van der Waals surface area contributed by atoms with Crippen molar-refractivity contribution in [2.24, 2.45) is 0 Å². The van der Waals surface area contributed by atoms with E-state index >= 15 is 0 Å². The molecular formula is C19H19ClN4O2S. The van der Waals surface area contributed by atoms with E-state index in [9.17, 15) is 9.90 Å². The van der Waals surface area contributed by atoms with Gasteiger partial charge >= 0.3 is 5.97 Å². The van der Waals surface area contributed by atoms with E-state index in [1.54, 1.807) is 0 Å². The highest BCUT2D eigenvalue weighted by molar-refractivity contribution is 7.20. The number of benzene rings is 1. The first kappa shape index (κ1) is 18.0. The van der Waals surface area contributed by atoms with Crippen LogP contribution in [-0.2, 0) is 0 Å². The van der Waals surface area contributed by atoms with E-state index in [0.717, 1.165) is 58.5 Å². The molecule has 4 rings (SSSR count). The molecule has 1 aromatic carbocycles. The van der Waals surface area contributed by atoms with Gasteiger partial charge in [0.1, 0.15) is 21.9 Å². The van der Waals surface area contributed by atoms with Crippen molar-refractivity contribution >= 4 is 50.6 Å². The van der Waals surface area contributed by atoms with Crippen molar-refractivity contribution < 1.29 is 9.90 Å². The Morgan fingerprint density at radius 1 is 1.15 bits per heavy atom. The lowest BCUT2D eigenvalue weighted by atomic mass is 10.1. The first-order valence-corrected chi connectivity index (χ1v) is 9.88. The highest BCUT2D eigenvalue weighted by Crippen LogP contribution is 2.35. The Labute approximate surface area is 166 Å². The van der Waals surface area contributed by atoms with Crippen LogP contribution in [0.25, 0.3) is 10.2 Å². The number of aryl methyl sites for hydroxylation is 2. The molecule has 1 N–H and O–H groups in total. The average molecular weight is 403 g/mol. The lowest BCUT2D eigenvalue weighted by molar-refractivity contribution is 0.0701. The molecule has 1 fully saturated rings. The Morgan fingerprint density at radius 3 is 2.56 bits per heavy atom.